The van der Waals surface area contributed by atoms with Crippen LogP contribution in [0.5, 0.6) is 5.75 Å². The molecule has 1 aromatic heterocycles. The number of hydrogen-bond acceptors (Lipinski definition) is 5. The van der Waals surface area contributed by atoms with Gasteiger partial charge in [-0.3, -0.25) is 9.59 Å². The van der Waals surface area contributed by atoms with Crippen LogP contribution in [0.2, 0.25) is 0 Å². The lowest BCUT2D eigenvalue weighted by atomic mass is 10.3. The maximum Gasteiger partial charge on any atom is 0.292 e. The number of anilines is 1. The van der Waals surface area contributed by atoms with E-state index in [1.807, 2.05) is 0 Å². The summed E-state index contributed by atoms with van der Waals surface area (Å²) in [5.41, 5.74) is 1.25. The number of methoxy groups -OCH3 is 1. The number of nitrogens with one attached hydrogen (secondary N) is 1. The number of carbonyl (C=O) groups excluding carboxylic acids is 2. The number of carbonyl (C=O) groups is 2. The van der Waals surface area contributed by atoms with Gasteiger partial charge in [0.1, 0.15) is 12.3 Å². The fraction of sp³-hybridized carbons (Fsp3) is 0.312. The van der Waals surface area contributed by atoms with Gasteiger partial charge in [0.25, 0.3) is 5.91 Å². The lowest BCUT2D eigenvalue weighted by molar-refractivity contribution is -0.116. The second-order valence-electron chi connectivity index (χ2n) is 4.93. The largest absolute Gasteiger partial charge is 0.497 e. The molecule has 1 aromatic carbocycles. The van der Waals surface area contributed by atoms with E-state index in [-0.39, 0.29) is 24.1 Å². The molecule has 0 fully saturated rings. The molecule has 7 heteroatoms. The molecule has 0 aliphatic heterocycles. The van der Waals surface area contributed by atoms with Crippen molar-refractivity contribution in [3.63, 3.8) is 0 Å². The summed E-state index contributed by atoms with van der Waals surface area (Å²) in [7, 11) is 1.57. The van der Waals surface area contributed by atoms with Crippen molar-refractivity contribution in [2.75, 3.05) is 25.5 Å². The highest BCUT2D eigenvalue weighted by atomic mass is 16.5. The van der Waals surface area contributed by atoms with Crippen molar-refractivity contribution in [1.29, 1.82) is 0 Å². The standard InChI is InChI=1S/C16H19N3O4/c1-4-19(16(21)14-9-11(2)18-23-14)10-15(20)17-12-5-7-13(22-3)8-6-12/h5-9H,4,10H2,1-3H3,(H,17,20). The van der Waals surface area contributed by atoms with Gasteiger partial charge in [0.15, 0.2) is 0 Å². The van der Waals surface area contributed by atoms with E-state index >= 15 is 0 Å². The van der Waals surface area contributed by atoms with Crippen LogP contribution >= 0.6 is 0 Å². The molecule has 0 aliphatic carbocycles. The quantitative estimate of drug-likeness (QED) is 0.882. The summed E-state index contributed by atoms with van der Waals surface area (Å²) in [6.07, 6.45) is 0. The first-order valence-corrected chi connectivity index (χ1v) is 7.20. The number of nitrogens with zero attached hydrogens (tertiary/aromatic N) is 2. The Morgan fingerprint density at radius 3 is 2.52 bits per heavy atom. The molecular weight excluding hydrogens is 298 g/mol. The average molecular weight is 317 g/mol. The molecule has 0 bridgehead atoms. The molecular formula is C16H19N3O4. The number of aromatic nitrogens is 1. The molecule has 122 valence electrons. The highest BCUT2D eigenvalue weighted by Gasteiger charge is 2.21. The van der Waals surface area contributed by atoms with Crippen molar-refractivity contribution >= 4 is 17.5 Å². The molecule has 0 radical (unpaired) electrons. The zero-order valence-electron chi connectivity index (χ0n) is 13.3. The Kier molecular flexibility index (Phi) is 5.35. The van der Waals surface area contributed by atoms with Gasteiger partial charge >= 0.3 is 0 Å². The third-order valence-electron chi connectivity index (χ3n) is 3.22. The van der Waals surface area contributed by atoms with Crippen LogP contribution in [0.25, 0.3) is 0 Å². The molecule has 2 aromatic rings. The van der Waals surface area contributed by atoms with Crippen LogP contribution in [0.3, 0.4) is 0 Å². The molecule has 0 saturated carbocycles. The van der Waals surface area contributed by atoms with Crippen LogP contribution in [0.15, 0.2) is 34.9 Å². The molecule has 7 nitrogen and oxygen atoms in total. The molecule has 2 amide bonds. The molecule has 1 N–H and O–H groups in total. The van der Waals surface area contributed by atoms with Crippen LogP contribution in [-0.2, 0) is 4.79 Å². The number of rotatable bonds is 6. The second-order valence-corrected chi connectivity index (χ2v) is 4.93. The smallest absolute Gasteiger partial charge is 0.292 e. The highest BCUT2D eigenvalue weighted by molar-refractivity contribution is 5.98. The minimum atomic E-state index is -0.363. The van der Waals surface area contributed by atoms with Gasteiger partial charge in [0.05, 0.1) is 12.8 Å². The van der Waals surface area contributed by atoms with Crippen LogP contribution in [0, 0.1) is 6.92 Å². The van der Waals surface area contributed by atoms with Crippen molar-refractivity contribution in [1.82, 2.24) is 10.1 Å². The van der Waals surface area contributed by atoms with Gasteiger partial charge in [-0.1, -0.05) is 5.16 Å². The Morgan fingerprint density at radius 2 is 2.00 bits per heavy atom. The predicted molar refractivity (Wildman–Crippen MR) is 84.4 cm³/mol. The van der Waals surface area contributed by atoms with Gasteiger partial charge < -0.3 is 19.5 Å². The van der Waals surface area contributed by atoms with E-state index in [1.165, 1.54) is 4.90 Å². The number of ether oxygens (including phenoxy) is 1. The summed E-state index contributed by atoms with van der Waals surface area (Å²) < 4.78 is 10.0. The zero-order valence-corrected chi connectivity index (χ0v) is 13.3. The molecule has 23 heavy (non-hydrogen) atoms. The van der Waals surface area contributed by atoms with Gasteiger partial charge in [-0.25, -0.2) is 0 Å². The number of likely N-dealkylation sites (N-methyl/N-ethyl adjacent to an activating group) is 1. The first-order chi connectivity index (χ1) is 11.0. The zero-order chi connectivity index (χ0) is 16.8. The van der Waals surface area contributed by atoms with Gasteiger partial charge in [-0.2, -0.15) is 0 Å². The molecule has 0 saturated heterocycles. The molecule has 0 spiro atoms. The summed E-state index contributed by atoms with van der Waals surface area (Å²) in [4.78, 5) is 25.7. The van der Waals surface area contributed by atoms with E-state index in [1.54, 1.807) is 51.3 Å². The molecule has 0 unspecified atom stereocenters. The van der Waals surface area contributed by atoms with Gasteiger partial charge in [-0.15, -0.1) is 0 Å². The van der Waals surface area contributed by atoms with Crippen LogP contribution in [0.1, 0.15) is 23.2 Å². The molecule has 0 aliphatic rings. The van der Waals surface area contributed by atoms with E-state index in [4.69, 9.17) is 9.26 Å². The molecule has 0 atom stereocenters. The lowest BCUT2D eigenvalue weighted by Crippen LogP contribution is -2.37. The second kappa shape index (κ2) is 7.44. The summed E-state index contributed by atoms with van der Waals surface area (Å²) in [5, 5.41) is 6.42. The summed E-state index contributed by atoms with van der Waals surface area (Å²) >= 11 is 0. The maximum atomic E-state index is 12.3. The molecule has 1 heterocycles. The fourth-order valence-corrected chi connectivity index (χ4v) is 2.00. The topological polar surface area (TPSA) is 84.7 Å². The van der Waals surface area contributed by atoms with Crippen molar-refractivity contribution in [2.24, 2.45) is 0 Å². The predicted octanol–water partition coefficient (Wildman–Crippen LogP) is 2.09. The third kappa shape index (κ3) is 4.32. The van der Waals surface area contributed by atoms with Crippen molar-refractivity contribution in [3.8, 4) is 5.75 Å². The van der Waals surface area contributed by atoms with E-state index < -0.39 is 0 Å². The number of amides is 2. The normalized spacial score (nSPS) is 10.2. The van der Waals surface area contributed by atoms with Gasteiger partial charge in [-0.05, 0) is 38.1 Å². The number of aryl methyl sites for hydroxylation is 1. The highest BCUT2D eigenvalue weighted by Crippen LogP contribution is 2.15. The minimum Gasteiger partial charge on any atom is -0.497 e. The Labute approximate surface area is 134 Å². The Morgan fingerprint density at radius 1 is 1.30 bits per heavy atom. The Balaban J connectivity index is 1.97. The Bertz CT molecular complexity index is 679. The number of hydrogen-bond donors (Lipinski definition) is 1. The van der Waals surface area contributed by atoms with Crippen molar-refractivity contribution in [3.05, 3.63) is 41.8 Å². The average Bonchev–Trinajstić information content (AvgIpc) is 2.99. The first kappa shape index (κ1) is 16.5. The summed E-state index contributed by atoms with van der Waals surface area (Å²) in [6.45, 7) is 3.84. The van der Waals surface area contributed by atoms with Gasteiger partial charge in [0, 0.05) is 18.3 Å². The summed E-state index contributed by atoms with van der Waals surface area (Å²) in [5.74, 6) is 0.176. The fourth-order valence-electron chi connectivity index (χ4n) is 2.00. The van der Waals surface area contributed by atoms with E-state index in [0.29, 0.717) is 23.7 Å². The van der Waals surface area contributed by atoms with Crippen LogP contribution in [0.4, 0.5) is 5.69 Å². The van der Waals surface area contributed by atoms with Crippen LogP contribution in [-0.4, -0.2) is 42.1 Å². The Hall–Kier alpha value is -2.83. The van der Waals surface area contributed by atoms with Gasteiger partial charge in [0.2, 0.25) is 11.7 Å². The third-order valence-corrected chi connectivity index (χ3v) is 3.22. The van der Waals surface area contributed by atoms with Crippen molar-refractivity contribution < 1.29 is 18.8 Å². The number of benzene rings is 1. The van der Waals surface area contributed by atoms with E-state index in [0.717, 1.165) is 0 Å². The van der Waals surface area contributed by atoms with Crippen LogP contribution < -0.4 is 10.1 Å². The molecule has 2 rings (SSSR count). The van der Waals surface area contributed by atoms with E-state index in [2.05, 4.69) is 10.5 Å². The summed E-state index contributed by atoms with van der Waals surface area (Å²) in [6, 6.07) is 8.50. The SMILES string of the molecule is CCN(CC(=O)Nc1ccc(OC)cc1)C(=O)c1cc(C)no1. The minimum absolute atomic E-state index is 0.0683. The van der Waals surface area contributed by atoms with E-state index in [9.17, 15) is 9.59 Å². The monoisotopic (exact) mass is 317 g/mol. The first-order valence-electron chi connectivity index (χ1n) is 7.20. The maximum absolute atomic E-state index is 12.3. The van der Waals surface area contributed by atoms with Crippen molar-refractivity contribution in [2.45, 2.75) is 13.8 Å². The lowest BCUT2D eigenvalue weighted by Gasteiger charge is -2.18.